The van der Waals surface area contributed by atoms with Gasteiger partial charge in [0.1, 0.15) is 23.4 Å². The molecule has 3 heterocycles. The molecule has 0 atom stereocenters. The number of ether oxygens (including phenoxy) is 2. The van der Waals surface area contributed by atoms with Crippen LogP contribution >= 0.6 is 0 Å². The standard InChI is InChI=1S/C34H33N3O4/c1-18-13-23-14-22(29-19(2)36-17-37-20(29)3)7-8-24(23)31(25(18)15-28(38)39)32-27(41-34(4,5)6)16-26-30-21(10-12-40-26)9-11-35-33(30)32/h7-9,11,13-14,16-17H,10,12,15H2,1-6H3,(H,38,39). The highest BCUT2D eigenvalue weighted by Crippen LogP contribution is 2.49. The van der Waals surface area contributed by atoms with Gasteiger partial charge in [-0.25, -0.2) is 9.97 Å². The first kappa shape index (κ1) is 26.7. The van der Waals surface area contributed by atoms with Gasteiger partial charge in [-0.3, -0.25) is 9.78 Å². The van der Waals surface area contributed by atoms with Gasteiger partial charge in [0.15, 0.2) is 0 Å². The molecule has 0 amide bonds. The summed E-state index contributed by atoms with van der Waals surface area (Å²) in [4.78, 5) is 25.9. The number of carboxylic acid groups (broad SMARTS) is 1. The Kier molecular flexibility index (Phi) is 6.40. The second-order valence-corrected chi connectivity index (χ2v) is 11.7. The Morgan fingerprint density at radius 2 is 1.73 bits per heavy atom. The zero-order valence-corrected chi connectivity index (χ0v) is 24.3. The fraction of sp³-hybridized carbons (Fsp3) is 0.294. The van der Waals surface area contributed by atoms with Crippen molar-refractivity contribution in [1.29, 1.82) is 0 Å². The van der Waals surface area contributed by atoms with E-state index in [-0.39, 0.29) is 6.42 Å². The van der Waals surface area contributed by atoms with E-state index in [1.54, 1.807) is 6.33 Å². The van der Waals surface area contributed by atoms with Crippen LogP contribution in [-0.4, -0.2) is 38.2 Å². The van der Waals surface area contributed by atoms with Crippen LogP contribution in [0.25, 0.3) is 43.9 Å². The van der Waals surface area contributed by atoms with Crippen LogP contribution in [0.2, 0.25) is 0 Å². The van der Waals surface area contributed by atoms with Crippen LogP contribution < -0.4 is 9.47 Å². The third kappa shape index (κ3) is 4.75. The third-order valence-corrected chi connectivity index (χ3v) is 7.64. The van der Waals surface area contributed by atoms with E-state index in [0.717, 1.165) is 84.2 Å². The summed E-state index contributed by atoms with van der Waals surface area (Å²) in [7, 11) is 0. The molecule has 41 heavy (non-hydrogen) atoms. The van der Waals surface area contributed by atoms with Gasteiger partial charge in [0.2, 0.25) is 0 Å². The number of benzene rings is 3. The SMILES string of the molecule is Cc1cc2cc(-c3c(C)ncnc3C)ccc2c(-c2c(OC(C)(C)C)cc3c4c(ccnc24)CCO3)c1CC(=O)O. The molecule has 0 radical (unpaired) electrons. The van der Waals surface area contributed by atoms with E-state index < -0.39 is 11.6 Å². The highest BCUT2D eigenvalue weighted by atomic mass is 16.5. The lowest BCUT2D eigenvalue weighted by atomic mass is 9.85. The molecule has 0 saturated heterocycles. The van der Waals surface area contributed by atoms with Crippen LogP contribution in [0.15, 0.2) is 48.9 Å². The molecular formula is C34H33N3O4. The van der Waals surface area contributed by atoms with Gasteiger partial charge in [0.25, 0.3) is 0 Å². The van der Waals surface area contributed by atoms with Gasteiger partial charge in [-0.1, -0.05) is 18.2 Å². The molecule has 1 N–H and O–H groups in total. The molecule has 6 rings (SSSR count). The molecule has 0 bridgehead atoms. The molecule has 7 heteroatoms. The summed E-state index contributed by atoms with van der Waals surface area (Å²) in [6.07, 6.45) is 4.06. The molecule has 1 aliphatic heterocycles. The summed E-state index contributed by atoms with van der Waals surface area (Å²) in [5.41, 5.74) is 8.48. The first-order valence-electron chi connectivity index (χ1n) is 13.8. The van der Waals surface area contributed by atoms with Crippen molar-refractivity contribution in [1.82, 2.24) is 15.0 Å². The normalized spacial score (nSPS) is 12.9. The second-order valence-electron chi connectivity index (χ2n) is 11.7. The Morgan fingerprint density at radius 3 is 2.44 bits per heavy atom. The van der Waals surface area contributed by atoms with E-state index in [9.17, 15) is 9.90 Å². The van der Waals surface area contributed by atoms with E-state index in [1.807, 2.05) is 59.9 Å². The minimum absolute atomic E-state index is 0.127. The van der Waals surface area contributed by atoms with Gasteiger partial charge in [-0.2, -0.15) is 0 Å². The number of rotatable bonds is 5. The Balaban J connectivity index is 1.74. The Morgan fingerprint density at radius 1 is 0.976 bits per heavy atom. The maximum Gasteiger partial charge on any atom is 0.307 e. The molecule has 5 aromatic rings. The van der Waals surface area contributed by atoms with Crippen LogP contribution in [-0.2, 0) is 17.6 Å². The maximum atomic E-state index is 12.2. The Labute approximate surface area is 239 Å². The molecule has 0 spiro atoms. The van der Waals surface area contributed by atoms with Crippen molar-refractivity contribution in [3.63, 3.8) is 0 Å². The summed E-state index contributed by atoms with van der Waals surface area (Å²) in [6, 6.07) is 12.3. The van der Waals surface area contributed by atoms with Gasteiger partial charge in [-0.05, 0) is 92.3 Å². The zero-order valence-electron chi connectivity index (χ0n) is 24.3. The van der Waals surface area contributed by atoms with Crippen molar-refractivity contribution >= 4 is 27.6 Å². The number of aryl methyl sites for hydroxylation is 3. The quantitative estimate of drug-likeness (QED) is 0.249. The summed E-state index contributed by atoms with van der Waals surface area (Å²) in [5.74, 6) is 0.471. The predicted molar refractivity (Wildman–Crippen MR) is 161 cm³/mol. The van der Waals surface area contributed by atoms with Gasteiger partial charge in [0, 0.05) is 41.0 Å². The summed E-state index contributed by atoms with van der Waals surface area (Å²) in [5, 5.41) is 12.9. The van der Waals surface area contributed by atoms with E-state index in [4.69, 9.17) is 14.5 Å². The zero-order chi connectivity index (χ0) is 29.1. The van der Waals surface area contributed by atoms with E-state index >= 15 is 0 Å². The lowest BCUT2D eigenvalue weighted by Gasteiger charge is -2.28. The van der Waals surface area contributed by atoms with Crippen molar-refractivity contribution in [3.8, 4) is 33.8 Å². The van der Waals surface area contributed by atoms with E-state index in [1.165, 1.54) is 0 Å². The van der Waals surface area contributed by atoms with Crippen molar-refractivity contribution in [2.45, 2.75) is 60.0 Å². The Bertz CT molecular complexity index is 1850. The molecule has 1 aliphatic rings. The summed E-state index contributed by atoms with van der Waals surface area (Å²) in [6.45, 7) is 12.5. The molecule has 7 nitrogen and oxygen atoms in total. The van der Waals surface area contributed by atoms with Crippen molar-refractivity contribution < 1.29 is 19.4 Å². The predicted octanol–water partition coefficient (Wildman–Crippen LogP) is 7.18. The average molecular weight is 548 g/mol. The van der Waals surface area contributed by atoms with Crippen molar-refractivity contribution in [2.75, 3.05) is 6.61 Å². The van der Waals surface area contributed by atoms with Crippen molar-refractivity contribution in [2.24, 2.45) is 0 Å². The number of hydrogen-bond acceptors (Lipinski definition) is 6. The van der Waals surface area contributed by atoms with Gasteiger partial charge < -0.3 is 14.6 Å². The van der Waals surface area contributed by atoms with Gasteiger partial charge >= 0.3 is 5.97 Å². The number of aliphatic carboxylic acids is 1. The van der Waals surface area contributed by atoms with Gasteiger partial charge in [0.05, 0.1) is 24.1 Å². The van der Waals surface area contributed by atoms with Crippen LogP contribution in [0.4, 0.5) is 0 Å². The van der Waals surface area contributed by atoms with Crippen LogP contribution in [0, 0.1) is 20.8 Å². The first-order chi connectivity index (χ1) is 19.5. The largest absolute Gasteiger partial charge is 0.492 e. The lowest BCUT2D eigenvalue weighted by Crippen LogP contribution is -2.24. The summed E-state index contributed by atoms with van der Waals surface area (Å²) < 4.78 is 12.7. The average Bonchev–Trinajstić information content (AvgIpc) is 2.89. The lowest BCUT2D eigenvalue weighted by molar-refractivity contribution is -0.136. The topological polar surface area (TPSA) is 94.4 Å². The monoisotopic (exact) mass is 547 g/mol. The van der Waals surface area contributed by atoms with Gasteiger partial charge in [-0.15, -0.1) is 0 Å². The fourth-order valence-corrected chi connectivity index (χ4v) is 6.01. The van der Waals surface area contributed by atoms with Crippen LogP contribution in [0.5, 0.6) is 11.5 Å². The number of nitrogens with zero attached hydrogens (tertiary/aromatic N) is 3. The minimum atomic E-state index is -0.893. The number of pyridine rings is 1. The van der Waals surface area contributed by atoms with E-state index in [0.29, 0.717) is 12.4 Å². The molecule has 3 aromatic carbocycles. The highest BCUT2D eigenvalue weighted by molar-refractivity contribution is 6.11. The summed E-state index contributed by atoms with van der Waals surface area (Å²) >= 11 is 0. The molecule has 208 valence electrons. The smallest absolute Gasteiger partial charge is 0.307 e. The van der Waals surface area contributed by atoms with Crippen molar-refractivity contribution in [3.05, 3.63) is 77.0 Å². The molecule has 0 aliphatic carbocycles. The van der Waals surface area contributed by atoms with E-state index in [2.05, 4.69) is 34.2 Å². The number of hydrogen-bond donors (Lipinski definition) is 1. The molecule has 0 saturated carbocycles. The Hall–Kier alpha value is -4.52. The minimum Gasteiger partial charge on any atom is -0.492 e. The van der Waals surface area contributed by atoms with Crippen LogP contribution in [0.3, 0.4) is 0 Å². The number of aromatic nitrogens is 3. The molecule has 0 unspecified atom stereocenters. The fourth-order valence-electron chi connectivity index (χ4n) is 6.01. The van der Waals surface area contributed by atoms with Crippen LogP contribution in [0.1, 0.15) is 48.8 Å². The highest BCUT2D eigenvalue weighted by Gasteiger charge is 2.28. The second kappa shape index (κ2) is 9.84. The molecule has 0 fully saturated rings. The maximum absolute atomic E-state index is 12.2. The molecular weight excluding hydrogens is 514 g/mol. The number of fused-ring (bicyclic) bond motifs is 1. The third-order valence-electron chi connectivity index (χ3n) is 7.64. The number of carbonyl (C=O) groups is 1. The molecule has 2 aromatic heterocycles. The first-order valence-corrected chi connectivity index (χ1v) is 13.8. The number of carboxylic acids is 1.